The van der Waals surface area contributed by atoms with Crippen molar-refractivity contribution in [3.8, 4) is 0 Å². The number of ether oxygens (including phenoxy) is 1. The van der Waals surface area contributed by atoms with E-state index >= 15 is 0 Å². The maximum Gasteiger partial charge on any atom is 0.310 e. The summed E-state index contributed by atoms with van der Waals surface area (Å²) in [6.45, 7) is 6.35. The molecule has 2 unspecified atom stereocenters. The Morgan fingerprint density at radius 1 is 1.40 bits per heavy atom. The summed E-state index contributed by atoms with van der Waals surface area (Å²) in [5.41, 5.74) is 4.10. The number of aromatic nitrogens is 1. The highest BCUT2D eigenvalue weighted by molar-refractivity contribution is 5.85. The van der Waals surface area contributed by atoms with Crippen LogP contribution in [0.15, 0.2) is 24.3 Å². The summed E-state index contributed by atoms with van der Waals surface area (Å²) < 4.78 is 5.14. The van der Waals surface area contributed by atoms with Crippen LogP contribution >= 0.6 is 0 Å². The Hall–Kier alpha value is -1.81. The lowest BCUT2D eigenvalue weighted by Crippen LogP contribution is -2.49. The van der Waals surface area contributed by atoms with Gasteiger partial charge in [-0.3, -0.25) is 9.69 Å². The van der Waals surface area contributed by atoms with Gasteiger partial charge >= 0.3 is 5.97 Å². The van der Waals surface area contributed by atoms with Crippen molar-refractivity contribution in [3.63, 3.8) is 0 Å². The Balaban J connectivity index is 1.71. The highest BCUT2D eigenvalue weighted by Crippen LogP contribution is 2.45. The van der Waals surface area contributed by atoms with Gasteiger partial charge in [0.1, 0.15) is 0 Å². The molecule has 1 N–H and O–H groups in total. The Kier molecular flexibility index (Phi) is 4.32. The fourth-order valence-electron chi connectivity index (χ4n) is 5.00. The summed E-state index contributed by atoms with van der Waals surface area (Å²) in [6, 6.07) is 9.02. The van der Waals surface area contributed by atoms with Crippen molar-refractivity contribution >= 4 is 16.9 Å². The standard InChI is InChI=1S/C21H28N2O2/c1-4-13(2)16-11-19-20-15(14-7-5-6-8-18(14)22-20)9-10-23(19)12-17(16)21(24)25-3/h5-8,13,16-17,19,22H,4,9-12H2,1-3H3/t13?,16-,17?,19-/m0/s1. The summed E-state index contributed by atoms with van der Waals surface area (Å²) in [6.07, 6.45) is 3.19. The molecule has 2 aliphatic rings. The Labute approximate surface area is 149 Å². The first-order valence-electron chi connectivity index (χ1n) is 9.55. The molecule has 1 aromatic carbocycles. The molecule has 4 atom stereocenters. The highest BCUT2D eigenvalue weighted by atomic mass is 16.5. The SMILES string of the molecule is CCC(C)[C@@H]1C[C@H]2c3[nH]c4ccccc4c3CCN2CC1C(=O)OC. The average molecular weight is 340 g/mol. The molecule has 0 bridgehead atoms. The van der Waals surface area contributed by atoms with E-state index in [9.17, 15) is 4.79 Å². The van der Waals surface area contributed by atoms with Gasteiger partial charge < -0.3 is 9.72 Å². The Bertz CT molecular complexity index is 781. The number of carbonyl (C=O) groups excluding carboxylic acids is 1. The average Bonchev–Trinajstić information content (AvgIpc) is 3.04. The molecule has 0 amide bonds. The van der Waals surface area contributed by atoms with Crippen molar-refractivity contribution in [2.45, 2.75) is 39.2 Å². The predicted molar refractivity (Wildman–Crippen MR) is 99.4 cm³/mol. The minimum Gasteiger partial charge on any atom is -0.469 e. The van der Waals surface area contributed by atoms with Gasteiger partial charge in [-0.15, -0.1) is 0 Å². The van der Waals surface area contributed by atoms with E-state index in [0.717, 1.165) is 32.4 Å². The smallest absolute Gasteiger partial charge is 0.310 e. The number of nitrogens with one attached hydrogen (secondary N) is 1. The van der Waals surface area contributed by atoms with Gasteiger partial charge in [-0.1, -0.05) is 38.5 Å². The van der Waals surface area contributed by atoms with Gasteiger partial charge in [-0.25, -0.2) is 0 Å². The fourth-order valence-corrected chi connectivity index (χ4v) is 5.00. The first-order chi connectivity index (χ1) is 12.1. The van der Waals surface area contributed by atoms with Crippen LogP contribution in [0.25, 0.3) is 10.9 Å². The number of esters is 1. The van der Waals surface area contributed by atoms with E-state index in [-0.39, 0.29) is 11.9 Å². The van der Waals surface area contributed by atoms with Crippen molar-refractivity contribution in [2.75, 3.05) is 20.2 Å². The number of hydrogen-bond donors (Lipinski definition) is 1. The van der Waals surface area contributed by atoms with Crippen molar-refractivity contribution in [2.24, 2.45) is 17.8 Å². The van der Waals surface area contributed by atoms with E-state index in [1.54, 1.807) is 0 Å². The van der Waals surface area contributed by atoms with Crippen molar-refractivity contribution in [1.29, 1.82) is 0 Å². The molecular weight excluding hydrogens is 312 g/mol. The second-order valence-corrected chi connectivity index (χ2v) is 7.74. The maximum absolute atomic E-state index is 12.4. The summed E-state index contributed by atoms with van der Waals surface area (Å²) in [5, 5.41) is 1.37. The van der Waals surface area contributed by atoms with E-state index < -0.39 is 0 Å². The number of H-pyrrole nitrogens is 1. The number of nitrogens with zero attached hydrogens (tertiary/aromatic N) is 1. The van der Waals surface area contributed by atoms with Crippen LogP contribution in [0.1, 0.15) is 44.0 Å². The number of para-hydroxylation sites is 1. The van der Waals surface area contributed by atoms with Crippen LogP contribution in [-0.2, 0) is 16.0 Å². The normalized spacial score (nSPS) is 27.6. The monoisotopic (exact) mass is 340 g/mol. The first-order valence-corrected chi connectivity index (χ1v) is 9.55. The van der Waals surface area contributed by atoms with Crippen LogP contribution in [-0.4, -0.2) is 36.1 Å². The molecule has 4 nitrogen and oxygen atoms in total. The van der Waals surface area contributed by atoms with Crippen LogP contribution in [0.4, 0.5) is 0 Å². The Morgan fingerprint density at radius 2 is 2.20 bits per heavy atom. The molecule has 4 rings (SSSR count). The third-order valence-electron chi connectivity index (χ3n) is 6.59. The largest absolute Gasteiger partial charge is 0.469 e. The minimum atomic E-state index is -0.0359. The molecule has 1 fully saturated rings. The number of fused-ring (bicyclic) bond motifs is 5. The number of benzene rings is 1. The Morgan fingerprint density at radius 3 is 2.96 bits per heavy atom. The van der Waals surface area contributed by atoms with Crippen LogP contribution < -0.4 is 0 Å². The van der Waals surface area contributed by atoms with Crippen LogP contribution in [0.3, 0.4) is 0 Å². The van der Waals surface area contributed by atoms with Gasteiger partial charge in [-0.2, -0.15) is 0 Å². The van der Waals surface area contributed by atoms with Crippen molar-refractivity contribution in [1.82, 2.24) is 9.88 Å². The highest BCUT2D eigenvalue weighted by Gasteiger charge is 2.44. The van der Waals surface area contributed by atoms with E-state index in [4.69, 9.17) is 4.74 Å². The topological polar surface area (TPSA) is 45.3 Å². The molecule has 2 aromatic rings. The lowest BCUT2D eigenvalue weighted by Gasteiger charge is -2.47. The number of piperidine rings is 1. The quantitative estimate of drug-likeness (QED) is 0.861. The van der Waals surface area contributed by atoms with Gasteiger partial charge in [0.25, 0.3) is 0 Å². The molecule has 1 aromatic heterocycles. The summed E-state index contributed by atoms with van der Waals surface area (Å²) in [5.74, 6) is 0.880. The number of methoxy groups -OCH3 is 1. The molecule has 0 radical (unpaired) electrons. The zero-order valence-electron chi connectivity index (χ0n) is 15.4. The third kappa shape index (κ3) is 2.67. The zero-order chi connectivity index (χ0) is 17.6. The van der Waals surface area contributed by atoms with Gasteiger partial charge in [0.05, 0.1) is 19.1 Å². The fraction of sp³-hybridized carbons (Fsp3) is 0.571. The second kappa shape index (κ2) is 6.49. The summed E-state index contributed by atoms with van der Waals surface area (Å²) >= 11 is 0. The van der Waals surface area contributed by atoms with Crippen LogP contribution in [0, 0.1) is 17.8 Å². The van der Waals surface area contributed by atoms with Gasteiger partial charge in [0.2, 0.25) is 0 Å². The maximum atomic E-state index is 12.4. The third-order valence-corrected chi connectivity index (χ3v) is 6.59. The molecule has 3 heterocycles. The molecule has 4 heteroatoms. The lowest BCUT2D eigenvalue weighted by molar-refractivity contribution is -0.152. The minimum absolute atomic E-state index is 0.00197. The summed E-state index contributed by atoms with van der Waals surface area (Å²) in [4.78, 5) is 18.6. The molecule has 0 spiro atoms. The van der Waals surface area contributed by atoms with Crippen LogP contribution in [0.2, 0.25) is 0 Å². The van der Waals surface area contributed by atoms with E-state index in [1.807, 2.05) is 0 Å². The molecule has 134 valence electrons. The first kappa shape index (κ1) is 16.6. The van der Waals surface area contributed by atoms with Crippen molar-refractivity contribution in [3.05, 3.63) is 35.5 Å². The number of aromatic amines is 1. The second-order valence-electron chi connectivity index (χ2n) is 7.74. The number of rotatable bonds is 3. The predicted octanol–water partition coefficient (Wildman–Crippen LogP) is 3.92. The molecule has 2 aliphatic heterocycles. The zero-order valence-corrected chi connectivity index (χ0v) is 15.4. The van der Waals surface area contributed by atoms with E-state index in [2.05, 4.69) is 48.0 Å². The van der Waals surface area contributed by atoms with Gasteiger partial charge in [-0.05, 0) is 36.3 Å². The van der Waals surface area contributed by atoms with Crippen molar-refractivity contribution < 1.29 is 9.53 Å². The van der Waals surface area contributed by atoms with Gasteiger partial charge in [0, 0.05) is 29.7 Å². The van der Waals surface area contributed by atoms with E-state index in [1.165, 1.54) is 29.3 Å². The van der Waals surface area contributed by atoms with Crippen LogP contribution in [0.5, 0.6) is 0 Å². The summed E-state index contributed by atoms with van der Waals surface area (Å²) in [7, 11) is 1.52. The van der Waals surface area contributed by atoms with Gasteiger partial charge in [0.15, 0.2) is 0 Å². The molecule has 0 aliphatic carbocycles. The van der Waals surface area contributed by atoms with E-state index in [0.29, 0.717) is 17.9 Å². The molecule has 25 heavy (non-hydrogen) atoms. The molecule has 0 saturated carbocycles. The number of carbonyl (C=O) groups is 1. The molecular formula is C21H28N2O2. The molecule has 1 saturated heterocycles. The lowest BCUT2D eigenvalue weighted by atomic mass is 9.72. The number of hydrogen-bond acceptors (Lipinski definition) is 3.